The van der Waals surface area contributed by atoms with Crippen molar-refractivity contribution in [1.82, 2.24) is 25.3 Å². The second-order valence-electron chi connectivity index (χ2n) is 6.76. The predicted molar refractivity (Wildman–Crippen MR) is 116 cm³/mol. The largest absolute Gasteiger partial charge is 0.474 e. The van der Waals surface area contributed by atoms with Crippen molar-refractivity contribution >= 4 is 33.9 Å². The Balaban J connectivity index is 1.37. The Morgan fingerprint density at radius 1 is 1.29 bits per heavy atom. The van der Waals surface area contributed by atoms with Gasteiger partial charge >= 0.3 is 0 Å². The summed E-state index contributed by atoms with van der Waals surface area (Å²) < 4.78 is 6.05. The second kappa shape index (κ2) is 9.36. The van der Waals surface area contributed by atoms with Gasteiger partial charge in [0, 0.05) is 50.6 Å². The molecule has 4 rings (SSSR count). The lowest BCUT2D eigenvalue weighted by atomic mass is 10.1. The summed E-state index contributed by atoms with van der Waals surface area (Å²) in [5.41, 5.74) is 1.20. The van der Waals surface area contributed by atoms with E-state index in [1.54, 1.807) is 24.4 Å². The van der Waals surface area contributed by atoms with Gasteiger partial charge < -0.3 is 20.3 Å². The van der Waals surface area contributed by atoms with Gasteiger partial charge in [-0.05, 0) is 12.1 Å². The standard InChI is InChI=1S/C20H20N8O2S/c1-22-19(29)14-2-3-16(15(11-21)26-14)28-7-4-13(5-8-28)30-18-10-17(24-12-25-18)27-20-23-6-9-31-20/h2-3,6,9-10,12-13H,4-5,7-8H2,1H3,(H,22,29)(H,23,24,25,27). The van der Waals surface area contributed by atoms with E-state index in [2.05, 4.69) is 41.5 Å². The van der Waals surface area contributed by atoms with Gasteiger partial charge in [-0.1, -0.05) is 0 Å². The first kappa shape index (κ1) is 20.5. The SMILES string of the molecule is CNC(=O)c1ccc(N2CCC(Oc3cc(Nc4nccs4)ncn3)CC2)c(C#N)n1. The van der Waals surface area contributed by atoms with Crippen LogP contribution in [0, 0.1) is 11.3 Å². The number of pyridine rings is 1. The van der Waals surface area contributed by atoms with Crippen LogP contribution in [0.2, 0.25) is 0 Å². The third-order valence-electron chi connectivity index (χ3n) is 4.82. The molecule has 0 bridgehead atoms. The number of carbonyl (C=O) groups excluding carboxylic acids is 1. The van der Waals surface area contributed by atoms with E-state index < -0.39 is 0 Å². The molecule has 0 saturated carbocycles. The van der Waals surface area contributed by atoms with Gasteiger partial charge in [-0.3, -0.25) is 4.79 Å². The average Bonchev–Trinajstić information content (AvgIpc) is 3.32. The van der Waals surface area contributed by atoms with Crippen molar-refractivity contribution in [3.05, 3.63) is 47.5 Å². The minimum atomic E-state index is -0.316. The fraction of sp³-hybridized carbons (Fsp3) is 0.300. The highest BCUT2D eigenvalue weighted by Crippen LogP contribution is 2.26. The zero-order chi connectivity index (χ0) is 21.6. The van der Waals surface area contributed by atoms with E-state index >= 15 is 0 Å². The predicted octanol–water partition coefficient (Wildman–Crippen LogP) is 2.35. The molecule has 0 aliphatic carbocycles. The third-order valence-corrected chi connectivity index (χ3v) is 5.51. The van der Waals surface area contributed by atoms with Crippen molar-refractivity contribution in [2.75, 3.05) is 30.4 Å². The van der Waals surface area contributed by atoms with Gasteiger partial charge in [0.2, 0.25) is 5.88 Å². The van der Waals surface area contributed by atoms with Gasteiger partial charge in [-0.25, -0.2) is 19.9 Å². The number of anilines is 3. The highest BCUT2D eigenvalue weighted by Gasteiger charge is 2.24. The first-order valence-corrected chi connectivity index (χ1v) is 10.6. The van der Waals surface area contributed by atoms with Gasteiger partial charge in [0.25, 0.3) is 5.91 Å². The Morgan fingerprint density at radius 3 is 2.84 bits per heavy atom. The molecule has 158 valence electrons. The van der Waals surface area contributed by atoms with Gasteiger partial charge in [-0.2, -0.15) is 5.26 Å². The van der Waals surface area contributed by atoms with Crippen molar-refractivity contribution in [3.63, 3.8) is 0 Å². The Hall–Kier alpha value is -3.78. The van der Waals surface area contributed by atoms with Gasteiger partial charge in [0.05, 0.1) is 5.69 Å². The number of piperidine rings is 1. The first-order chi connectivity index (χ1) is 15.2. The summed E-state index contributed by atoms with van der Waals surface area (Å²) >= 11 is 1.48. The summed E-state index contributed by atoms with van der Waals surface area (Å²) in [5.74, 6) is 0.809. The molecule has 1 amide bonds. The number of rotatable bonds is 6. The molecule has 11 heteroatoms. The van der Waals surface area contributed by atoms with Crippen LogP contribution in [-0.4, -0.2) is 52.1 Å². The molecule has 1 saturated heterocycles. The lowest BCUT2D eigenvalue weighted by Gasteiger charge is -2.33. The second-order valence-corrected chi connectivity index (χ2v) is 7.66. The molecule has 31 heavy (non-hydrogen) atoms. The van der Waals surface area contributed by atoms with E-state index in [0.29, 0.717) is 24.8 Å². The lowest BCUT2D eigenvalue weighted by molar-refractivity contribution is 0.0958. The topological polar surface area (TPSA) is 129 Å². The quantitative estimate of drug-likeness (QED) is 0.598. The van der Waals surface area contributed by atoms with Gasteiger partial charge in [-0.15, -0.1) is 11.3 Å². The van der Waals surface area contributed by atoms with E-state index in [1.807, 2.05) is 5.38 Å². The molecule has 0 spiro atoms. The fourth-order valence-corrected chi connectivity index (χ4v) is 3.83. The normalized spacial score (nSPS) is 14.0. The summed E-state index contributed by atoms with van der Waals surface area (Å²) in [4.78, 5) is 30.6. The number of ether oxygens (including phenoxy) is 1. The molecule has 0 atom stereocenters. The number of nitrogens with zero attached hydrogens (tertiary/aromatic N) is 6. The monoisotopic (exact) mass is 436 g/mol. The molecule has 1 aliphatic heterocycles. The number of hydrogen-bond acceptors (Lipinski definition) is 10. The van der Waals surface area contributed by atoms with E-state index in [-0.39, 0.29) is 23.4 Å². The van der Waals surface area contributed by atoms with Crippen molar-refractivity contribution in [1.29, 1.82) is 5.26 Å². The fourth-order valence-electron chi connectivity index (χ4n) is 3.30. The van der Waals surface area contributed by atoms with Crippen molar-refractivity contribution in [2.45, 2.75) is 18.9 Å². The highest BCUT2D eigenvalue weighted by molar-refractivity contribution is 7.13. The molecule has 2 N–H and O–H groups in total. The maximum atomic E-state index is 11.8. The van der Waals surface area contributed by atoms with Crippen molar-refractivity contribution in [2.24, 2.45) is 0 Å². The zero-order valence-corrected chi connectivity index (χ0v) is 17.6. The number of hydrogen-bond donors (Lipinski definition) is 2. The van der Waals surface area contributed by atoms with Gasteiger partial charge in [0.15, 0.2) is 10.8 Å². The first-order valence-electron chi connectivity index (χ1n) is 9.69. The van der Waals surface area contributed by atoms with E-state index in [1.165, 1.54) is 24.7 Å². The van der Waals surface area contributed by atoms with Crippen LogP contribution in [0.15, 0.2) is 36.1 Å². The lowest BCUT2D eigenvalue weighted by Crippen LogP contribution is -2.39. The molecule has 3 aromatic rings. The van der Waals surface area contributed by atoms with Crippen molar-refractivity contribution < 1.29 is 9.53 Å². The number of aromatic nitrogens is 4. The molecule has 1 fully saturated rings. The van der Waals surface area contributed by atoms with Gasteiger partial charge in [0.1, 0.15) is 30.0 Å². The molecule has 0 unspecified atom stereocenters. The van der Waals surface area contributed by atoms with E-state index in [4.69, 9.17) is 4.74 Å². The number of carbonyl (C=O) groups is 1. The van der Waals surface area contributed by atoms with E-state index in [0.717, 1.165) is 23.7 Å². The minimum absolute atomic E-state index is 0.00231. The maximum absolute atomic E-state index is 11.8. The molecule has 1 aliphatic rings. The van der Waals surface area contributed by atoms with Crippen LogP contribution in [0.1, 0.15) is 29.0 Å². The number of nitriles is 1. The summed E-state index contributed by atoms with van der Waals surface area (Å²) in [6.45, 7) is 1.41. The van der Waals surface area contributed by atoms with Crippen LogP contribution >= 0.6 is 11.3 Å². The Morgan fingerprint density at radius 2 is 2.13 bits per heavy atom. The summed E-state index contributed by atoms with van der Waals surface area (Å²) in [6, 6.07) is 7.26. The Kier molecular flexibility index (Phi) is 6.18. The number of amides is 1. The molecular weight excluding hydrogens is 416 g/mol. The van der Waals surface area contributed by atoms with Crippen LogP contribution in [0.5, 0.6) is 5.88 Å². The van der Waals surface area contributed by atoms with Crippen LogP contribution in [0.3, 0.4) is 0 Å². The van der Waals surface area contributed by atoms with Crippen molar-refractivity contribution in [3.8, 4) is 11.9 Å². The Bertz CT molecular complexity index is 1090. The molecule has 4 heterocycles. The average molecular weight is 437 g/mol. The van der Waals surface area contributed by atoms with E-state index in [9.17, 15) is 10.1 Å². The van der Waals surface area contributed by atoms with Crippen LogP contribution in [0.25, 0.3) is 0 Å². The molecule has 10 nitrogen and oxygen atoms in total. The zero-order valence-electron chi connectivity index (χ0n) is 16.8. The molecule has 0 aromatic carbocycles. The minimum Gasteiger partial charge on any atom is -0.474 e. The molecule has 0 radical (unpaired) electrons. The Labute approximate surface area is 183 Å². The maximum Gasteiger partial charge on any atom is 0.269 e. The van der Waals surface area contributed by atoms with Crippen LogP contribution < -0.4 is 20.3 Å². The summed E-state index contributed by atoms with van der Waals surface area (Å²) in [6.07, 6.45) is 4.71. The van der Waals surface area contributed by atoms with Crippen LogP contribution in [-0.2, 0) is 0 Å². The summed E-state index contributed by atoms with van der Waals surface area (Å²) in [7, 11) is 1.53. The highest BCUT2D eigenvalue weighted by atomic mass is 32.1. The summed E-state index contributed by atoms with van der Waals surface area (Å²) in [5, 5.41) is 17.7. The number of thiazole rings is 1. The third kappa shape index (κ3) is 4.87. The molecular formula is C20H20N8O2S. The van der Waals surface area contributed by atoms with Crippen LogP contribution in [0.4, 0.5) is 16.6 Å². The smallest absolute Gasteiger partial charge is 0.269 e. The molecule has 3 aromatic heterocycles. The number of nitrogens with one attached hydrogen (secondary N) is 2.